The van der Waals surface area contributed by atoms with Crippen LogP contribution in [0.2, 0.25) is 0 Å². The van der Waals surface area contributed by atoms with E-state index in [1.807, 2.05) is 25.2 Å². The Morgan fingerprint density at radius 3 is 3.00 bits per heavy atom. The molecule has 0 bridgehead atoms. The summed E-state index contributed by atoms with van der Waals surface area (Å²) in [5.41, 5.74) is 1.96. The van der Waals surface area contributed by atoms with Gasteiger partial charge in [0.1, 0.15) is 0 Å². The lowest BCUT2D eigenvalue weighted by atomic mass is 9.89. The second-order valence-corrected chi connectivity index (χ2v) is 6.31. The van der Waals surface area contributed by atoms with E-state index in [0.717, 1.165) is 17.2 Å². The summed E-state index contributed by atoms with van der Waals surface area (Å²) in [6, 6.07) is 7.94. The molecule has 1 aliphatic carbocycles. The van der Waals surface area contributed by atoms with Crippen molar-refractivity contribution in [1.82, 2.24) is 5.32 Å². The van der Waals surface area contributed by atoms with E-state index in [-0.39, 0.29) is 5.91 Å². The molecule has 2 unspecified atom stereocenters. The van der Waals surface area contributed by atoms with Gasteiger partial charge in [0.05, 0.1) is 12.7 Å². The summed E-state index contributed by atoms with van der Waals surface area (Å²) in [7, 11) is 1.84. The van der Waals surface area contributed by atoms with Gasteiger partial charge in [0.2, 0.25) is 5.91 Å². The lowest BCUT2D eigenvalue weighted by Gasteiger charge is -2.26. The van der Waals surface area contributed by atoms with E-state index >= 15 is 0 Å². The van der Waals surface area contributed by atoms with Gasteiger partial charge >= 0.3 is 0 Å². The van der Waals surface area contributed by atoms with Crippen LogP contribution >= 0.6 is 0 Å². The van der Waals surface area contributed by atoms with Crippen LogP contribution in [0.5, 0.6) is 0 Å². The molecule has 1 aliphatic rings. The molecule has 1 amide bonds. The van der Waals surface area contributed by atoms with Gasteiger partial charge in [-0.2, -0.15) is 0 Å². The van der Waals surface area contributed by atoms with Crippen LogP contribution < -0.4 is 10.6 Å². The molecule has 122 valence electrons. The first-order valence-corrected chi connectivity index (χ1v) is 8.32. The third kappa shape index (κ3) is 5.78. The van der Waals surface area contributed by atoms with Crippen LogP contribution in [0.1, 0.15) is 44.6 Å². The van der Waals surface area contributed by atoms with Gasteiger partial charge in [-0.25, -0.2) is 0 Å². The molecular formula is C18H28N2O2. The summed E-state index contributed by atoms with van der Waals surface area (Å²) in [4.78, 5) is 11.7. The SMILES string of the molecule is CNCCC(=O)Nc1cccc(COC2CCCC(C)C2)c1. The lowest BCUT2D eigenvalue weighted by molar-refractivity contribution is -0.116. The van der Waals surface area contributed by atoms with E-state index in [1.54, 1.807) is 0 Å². The van der Waals surface area contributed by atoms with Gasteiger partial charge in [0, 0.05) is 18.7 Å². The normalized spacial score (nSPS) is 21.5. The summed E-state index contributed by atoms with van der Waals surface area (Å²) in [5.74, 6) is 0.810. The molecule has 22 heavy (non-hydrogen) atoms. The molecule has 0 spiro atoms. The highest BCUT2D eigenvalue weighted by atomic mass is 16.5. The second kappa shape index (κ2) is 8.91. The standard InChI is InChI=1S/C18H28N2O2/c1-14-5-3-8-17(11-14)22-13-15-6-4-7-16(12-15)20-18(21)9-10-19-2/h4,6-7,12,14,17,19H,3,5,8-11,13H2,1-2H3,(H,20,21). The number of rotatable bonds is 7. The molecule has 0 radical (unpaired) electrons. The predicted molar refractivity (Wildman–Crippen MR) is 89.8 cm³/mol. The zero-order chi connectivity index (χ0) is 15.8. The number of nitrogens with one attached hydrogen (secondary N) is 2. The third-order valence-corrected chi connectivity index (χ3v) is 4.19. The topological polar surface area (TPSA) is 50.4 Å². The van der Waals surface area contributed by atoms with Crippen LogP contribution in [-0.4, -0.2) is 25.6 Å². The van der Waals surface area contributed by atoms with Crippen molar-refractivity contribution in [1.29, 1.82) is 0 Å². The summed E-state index contributed by atoms with van der Waals surface area (Å²) in [6.45, 7) is 3.61. The minimum Gasteiger partial charge on any atom is -0.374 e. The molecule has 2 atom stereocenters. The Hall–Kier alpha value is -1.39. The predicted octanol–water partition coefficient (Wildman–Crippen LogP) is 3.33. The van der Waals surface area contributed by atoms with Crippen LogP contribution in [0.4, 0.5) is 5.69 Å². The highest BCUT2D eigenvalue weighted by Crippen LogP contribution is 2.26. The van der Waals surface area contributed by atoms with E-state index in [1.165, 1.54) is 25.7 Å². The number of carbonyl (C=O) groups is 1. The summed E-state index contributed by atoms with van der Waals surface area (Å²) in [6.07, 6.45) is 5.81. The number of carbonyl (C=O) groups excluding carboxylic acids is 1. The molecule has 0 aromatic heterocycles. The molecule has 0 saturated heterocycles. The number of anilines is 1. The summed E-state index contributed by atoms with van der Waals surface area (Å²) < 4.78 is 6.04. The fourth-order valence-electron chi connectivity index (χ4n) is 2.94. The third-order valence-electron chi connectivity index (χ3n) is 4.19. The lowest BCUT2D eigenvalue weighted by Crippen LogP contribution is -2.21. The maximum Gasteiger partial charge on any atom is 0.225 e. The maximum absolute atomic E-state index is 11.7. The van der Waals surface area contributed by atoms with E-state index in [0.29, 0.717) is 25.7 Å². The van der Waals surface area contributed by atoms with Crippen LogP contribution in [0.15, 0.2) is 24.3 Å². The van der Waals surface area contributed by atoms with Gasteiger partial charge < -0.3 is 15.4 Å². The van der Waals surface area contributed by atoms with Crippen molar-refractivity contribution in [2.24, 2.45) is 5.92 Å². The van der Waals surface area contributed by atoms with Gasteiger partial charge in [0.25, 0.3) is 0 Å². The molecule has 0 heterocycles. The van der Waals surface area contributed by atoms with Crippen molar-refractivity contribution in [3.8, 4) is 0 Å². The van der Waals surface area contributed by atoms with E-state index in [2.05, 4.69) is 23.6 Å². The first-order chi connectivity index (χ1) is 10.7. The Morgan fingerprint density at radius 2 is 2.23 bits per heavy atom. The highest BCUT2D eigenvalue weighted by Gasteiger charge is 2.19. The zero-order valence-electron chi connectivity index (χ0n) is 13.7. The van der Waals surface area contributed by atoms with Gasteiger partial charge in [-0.05, 0) is 43.5 Å². The second-order valence-electron chi connectivity index (χ2n) is 6.31. The largest absolute Gasteiger partial charge is 0.374 e. The van der Waals surface area contributed by atoms with Crippen LogP contribution in [0.3, 0.4) is 0 Å². The Kier molecular flexibility index (Phi) is 6.87. The van der Waals surface area contributed by atoms with Crippen molar-refractivity contribution >= 4 is 11.6 Å². The Balaban J connectivity index is 1.81. The molecule has 2 N–H and O–H groups in total. The van der Waals surface area contributed by atoms with Crippen molar-refractivity contribution < 1.29 is 9.53 Å². The van der Waals surface area contributed by atoms with Gasteiger partial charge in [-0.1, -0.05) is 31.9 Å². The van der Waals surface area contributed by atoms with Crippen molar-refractivity contribution in [2.45, 2.75) is 51.7 Å². The Morgan fingerprint density at radius 1 is 1.36 bits per heavy atom. The van der Waals surface area contributed by atoms with Gasteiger partial charge in [-0.15, -0.1) is 0 Å². The van der Waals surface area contributed by atoms with E-state index in [9.17, 15) is 4.79 Å². The quantitative estimate of drug-likeness (QED) is 0.812. The maximum atomic E-state index is 11.7. The number of ether oxygens (including phenoxy) is 1. The molecule has 1 saturated carbocycles. The summed E-state index contributed by atoms with van der Waals surface area (Å²) in [5, 5.41) is 5.90. The molecule has 2 rings (SSSR count). The first kappa shape index (κ1) is 17.0. The molecule has 1 aromatic rings. The molecule has 0 aliphatic heterocycles. The molecule has 4 heteroatoms. The van der Waals surface area contributed by atoms with Crippen LogP contribution in [0.25, 0.3) is 0 Å². The van der Waals surface area contributed by atoms with Crippen molar-refractivity contribution in [3.05, 3.63) is 29.8 Å². The van der Waals surface area contributed by atoms with Gasteiger partial charge in [-0.3, -0.25) is 4.79 Å². The number of hydrogen-bond donors (Lipinski definition) is 2. The molecule has 4 nitrogen and oxygen atoms in total. The van der Waals surface area contributed by atoms with Gasteiger partial charge in [0.15, 0.2) is 0 Å². The van der Waals surface area contributed by atoms with Crippen molar-refractivity contribution in [3.63, 3.8) is 0 Å². The monoisotopic (exact) mass is 304 g/mol. The molecule has 1 aromatic carbocycles. The average molecular weight is 304 g/mol. The van der Waals surface area contributed by atoms with E-state index in [4.69, 9.17) is 4.74 Å². The minimum atomic E-state index is 0.0357. The molecule has 1 fully saturated rings. The molecular weight excluding hydrogens is 276 g/mol. The Labute approximate surface area is 133 Å². The number of amides is 1. The number of hydrogen-bond acceptors (Lipinski definition) is 3. The van der Waals surface area contributed by atoms with Crippen molar-refractivity contribution in [2.75, 3.05) is 18.9 Å². The Bertz CT molecular complexity index is 476. The zero-order valence-corrected chi connectivity index (χ0v) is 13.7. The van der Waals surface area contributed by atoms with Crippen LogP contribution in [-0.2, 0) is 16.1 Å². The first-order valence-electron chi connectivity index (χ1n) is 8.32. The minimum absolute atomic E-state index is 0.0357. The smallest absolute Gasteiger partial charge is 0.225 e. The van der Waals surface area contributed by atoms with Crippen LogP contribution in [0, 0.1) is 5.92 Å². The highest BCUT2D eigenvalue weighted by molar-refractivity contribution is 5.90. The fraction of sp³-hybridized carbons (Fsp3) is 0.611. The fourth-order valence-corrected chi connectivity index (χ4v) is 2.94. The number of benzene rings is 1. The summed E-state index contributed by atoms with van der Waals surface area (Å²) >= 11 is 0. The van der Waals surface area contributed by atoms with E-state index < -0.39 is 0 Å². The average Bonchev–Trinajstić information content (AvgIpc) is 2.51.